The summed E-state index contributed by atoms with van der Waals surface area (Å²) in [6.07, 6.45) is -0.103. The maximum Gasteiger partial charge on any atom is 0.266 e. The highest BCUT2D eigenvalue weighted by atomic mass is 32.2. The third-order valence-electron chi connectivity index (χ3n) is 5.72. The minimum Gasteiger partial charge on any atom is -0.375 e. The highest BCUT2D eigenvalue weighted by Gasteiger charge is 2.68. The van der Waals surface area contributed by atoms with Crippen LogP contribution in [0.1, 0.15) is 58.6 Å². The summed E-state index contributed by atoms with van der Waals surface area (Å²) in [5.41, 5.74) is 1.55. The molecule has 30 heavy (non-hydrogen) atoms. The van der Waals surface area contributed by atoms with Crippen LogP contribution in [0.25, 0.3) is 0 Å². The molecule has 5 nitrogen and oxygen atoms in total. The molecule has 1 aliphatic carbocycles. The highest BCUT2D eigenvalue weighted by Crippen LogP contribution is 2.54. The van der Waals surface area contributed by atoms with Crippen molar-refractivity contribution in [2.75, 3.05) is 18.1 Å². The highest BCUT2D eigenvalue weighted by molar-refractivity contribution is 7.91. The molecule has 0 unspecified atom stereocenters. The van der Waals surface area contributed by atoms with Crippen molar-refractivity contribution in [2.24, 2.45) is 0 Å². The van der Waals surface area contributed by atoms with Crippen molar-refractivity contribution < 1.29 is 21.9 Å². The van der Waals surface area contributed by atoms with Crippen LogP contribution in [0.5, 0.6) is 0 Å². The Morgan fingerprint density at radius 2 is 1.90 bits per heavy atom. The molecule has 1 aromatic rings. The molecule has 1 heterocycles. The molecule has 0 spiro atoms. The topological polar surface area (TPSA) is 58.6 Å². The number of rotatable bonds is 5. The third-order valence-corrected chi connectivity index (χ3v) is 8.30. The van der Waals surface area contributed by atoms with Gasteiger partial charge in [0.2, 0.25) is 10.0 Å². The van der Waals surface area contributed by atoms with E-state index in [9.17, 15) is 17.2 Å². The monoisotopic (exact) mass is 440 g/mol. The molecular weight excluding hydrogens is 410 g/mol. The number of hydrogen-bond donors (Lipinski definition) is 1. The van der Waals surface area contributed by atoms with E-state index in [0.717, 1.165) is 23.4 Å². The molecule has 1 saturated carbocycles. The van der Waals surface area contributed by atoms with Crippen molar-refractivity contribution in [2.45, 2.75) is 76.3 Å². The minimum absolute atomic E-state index is 0.0517. The van der Waals surface area contributed by atoms with Crippen LogP contribution >= 0.6 is 0 Å². The first-order chi connectivity index (χ1) is 13.8. The molecule has 1 N–H and O–H groups in total. The van der Waals surface area contributed by atoms with E-state index in [2.05, 4.69) is 35.3 Å². The Morgan fingerprint density at radius 3 is 2.47 bits per heavy atom. The third kappa shape index (κ3) is 4.34. The van der Waals surface area contributed by atoms with E-state index in [0.29, 0.717) is 26.2 Å². The van der Waals surface area contributed by atoms with Gasteiger partial charge in [0.15, 0.2) is 0 Å². The molecule has 1 fully saturated rings. The average molecular weight is 441 g/mol. The normalized spacial score (nSPS) is 19.0. The molecule has 0 atom stereocenters. The molecule has 0 radical (unpaired) electrons. The summed E-state index contributed by atoms with van der Waals surface area (Å²) in [5, 5.41) is 0. The lowest BCUT2D eigenvalue weighted by atomic mass is 10.0. The second-order valence-electron chi connectivity index (χ2n) is 9.01. The zero-order valence-electron chi connectivity index (χ0n) is 18.2. The number of alkyl halides is 2. The van der Waals surface area contributed by atoms with Gasteiger partial charge in [-0.1, -0.05) is 17.9 Å². The quantitative estimate of drug-likeness (QED) is 0.710. The smallest absolute Gasteiger partial charge is 0.266 e. The maximum absolute atomic E-state index is 13.9. The number of anilines is 1. The van der Waals surface area contributed by atoms with Crippen molar-refractivity contribution in [3.63, 3.8) is 0 Å². The molecule has 3 rings (SSSR count). The Morgan fingerprint density at radius 1 is 1.23 bits per heavy atom. The van der Waals surface area contributed by atoms with Crippen LogP contribution in [0.4, 0.5) is 14.5 Å². The fourth-order valence-electron chi connectivity index (χ4n) is 3.85. The molecular formula is C22H30F2N2O3S. The van der Waals surface area contributed by atoms with Crippen molar-refractivity contribution in [1.29, 1.82) is 0 Å². The van der Waals surface area contributed by atoms with E-state index in [1.54, 1.807) is 13.8 Å². The van der Waals surface area contributed by atoms with Crippen molar-refractivity contribution in [3.05, 3.63) is 29.3 Å². The molecule has 8 heteroatoms. The Balaban J connectivity index is 1.90. The molecule has 0 saturated heterocycles. The van der Waals surface area contributed by atoms with Gasteiger partial charge in [0.05, 0.1) is 18.8 Å². The van der Waals surface area contributed by atoms with Crippen LogP contribution < -0.4 is 9.62 Å². The SMILES string of the molecule is CC(C)N1CCOCc2c(C#CC(C)(C)NS(=O)(=O)C3(C(C)(F)F)CC3)cccc21. The van der Waals surface area contributed by atoms with E-state index in [1.165, 1.54) is 0 Å². The Bertz CT molecular complexity index is 968. The number of benzene rings is 1. The first-order valence-electron chi connectivity index (χ1n) is 10.2. The van der Waals surface area contributed by atoms with E-state index in [4.69, 9.17) is 4.74 Å². The van der Waals surface area contributed by atoms with Gasteiger partial charge in [-0.15, -0.1) is 0 Å². The number of sulfonamides is 1. The number of ether oxygens (including phenoxy) is 1. The lowest BCUT2D eigenvalue weighted by Gasteiger charge is -2.29. The molecule has 166 valence electrons. The summed E-state index contributed by atoms with van der Waals surface area (Å²) in [5.74, 6) is 2.69. The van der Waals surface area contributed by atoms with Crippen LogP contribution in [0.3, 0.4) is 0 Å². The minimum atomic E-state index is -4.25. The molecule has 1 aliphatic heterocycles. The molecule has 0 amide bonds. The van der Waals surface area contributed by atoms with E-state index in [-0.39, 0.29) is 12.8 Å². The number of nitrogens with zero attached hydrogens (tertiary/aromatic N) is 1. The molecule has 0 bridgehead atoms. The lowest BCUT2D eigenvalue weighted by molar-refractivity contribution is 0.00818. The van der Waals surface area contributed by atoms with Crippen LogP contribution in [0.15, 0.2) is 18.2 Å². The summed E-state index contributed by atoms with van der Waals surface area (Å²) >= 11 is 0. The number of fused-ring (bicyclic) bond motifs is 1. The molecule has 0 aromatic heterocycles. The second kappa shape index (κ2) is 7.77. The van der Waals surface area contributed by atoms with Gasteiger partial charge in [-0.2, -0.15) is 4.72 Å². The lowest BCUT2D eigenvalue weighted by Crippen LogP contribution is -2.52. The first-order valence-corrected chi connectivity index (χ1v) is 11.7. The van der Waals surface area contributed by atoms with Gasteiger partial charge in [0, 0.05) is 36.3 Å². The van der Waals surface area contributed by atoms with Gasteiger partial charge in [-0.05, 0) is 52.7 Å². The Labute approximate surface area is 178 Å². The summed E-state index contributed by atoms with van der Waals surface area (Å²) in [4.78, 5) is 2.25. The zero-order valence-corrected chi connectivity index (χ0v) is 19.0. The summed E-state index contributed by atoms with van der Waals surface area (Å²) in [6.45, 7) is 9.86. The average Bonchev–Trinajstić information content (AvgIpc) is 3.42. The number of nitrogens with one attached hydrogen (secondary N) is 1. The molecule has 2 aliphatic rings. The molecule has 1 aromatic carbocycles. The Kier molecular flexibility index (Phi) is 5.96. The van der Waals surface area contributed by atoms with E-state index < -0.39 is 26.2 Å². The number of hydrogen-bond acceptors (Lipinski definition) is 4. The van der Waals surface area contributed by atoms with Gasteiger partial charge in [-0.3, -0.25) is 0 Å². The second-order valence-corrected chi connectivity index (χ2v) is 11.0. The fraction of sp³-hybridized carbons (Fsp3) is 0.636. The number of halogens is 2. The summed E-state index contributed by atoms with van der Waals surface area (Å²) in [7, 11) is -4.25. The van der Waals surface area contributed by atoms with Crippen molar-refractivity contribution >= 4 is 15.7 Å². The van der Waals surface area contributed by atoms with Crippen molar-refractivity contribution in [3.8, 4) is 11.8 Å². The van der Waals surface area contributed by atoms with Gasteiger partial charge in [0.1, 0.15) is 4.75 Å². The van der Waals surface area contributed by atoms with Crippen LogP contribution in [0, 0.1) is 11.8 Å². The predicted molar refractivity (Wildman–Crippen MR) is 114 cm³/mol. The predicted octanol–water partition coefficient (Wildman–Crippen LogP) is 3.67. The van der Waals surface area contributed by atoms with Crippen LogP contribution in [0.2, 0.25) is 0 Å². The van der Waals surface area contributed by atoms with Gasteiger partial charge in [-0.25, -0.2) is 17.2 Å². The zero-order chi connectivity index (χ0) is 22.4. The first kappa shape index (κ1) is 23.0. The van der Waals surface area contributed by atoms with Gasteiger partial charge in [0.25, 0.3) is 5.92 Å². The Hall–Kier alpha value is -1.69. The van der Waals surface area contributed by atoms with Gasteiger partial charge < -0.3 is 9.64 Å². The summed E-state index contributed by atoms with van der Waals surface area (Å²) in [6, 6.07) is 6.11. The maximum atomic E-state index is 13.9. The largest absolute Gasteiger partial charge is 0.375 e. The van der Waals surface area contributed by atoms with Crippen LogP contribution in [-0.2, 0) is 21.4 Å². The van der Waals surface area contributed by atoms with Crippen LogP contribution in [-0.4, -0.2) is 43.8 Å². The summed E-state index contributed by atoms with van der Waals surface area (Å²) < 4.78 is 59.4. The van der Waals surface area contributed by atoms with E-state index >= 15 is 0 Å². The fourth-order valence-corrected chi connectivity index (χ4v) is 5.88. The standard InChI is InChI=1S/C22H30F2N2O3S/c1-16(2)26-13-14-29-15-18-17(7-6-8-19(18)26)9-10-20(3,4)25-30(27,28)22(11-12-22)21(5,23)24/h6-8,16,25H,11-15H2,1-5H3. The van der Waals surface area contributed by atoms with Crippen molar-refractivity contribution in [1.82, 2.24) is 4.72 Å². The van der Waals surface area contributed by atoms with Gasteiger partial charge >= 0.3 is 0 Å². The van der Waals surface area contributed by atoms with E-state index in [1.807, 2.05) is 18.2 Å².